The first-order valence-electron chi connectivity index (χ1n) is 6.77. The van der Waals surface area contributed by atoms with Crippen LogP contribution in [0.1, 0.15) is 24.1 Å². The maximum absolute atomic E-state index is 3.61. The molecule has 1 aliphatic rings. The average molecular weight is 319 g/mol. The van der Waals surface area contributed by atoms with Crippen LogP contribution in [-0.2, 0) is 19.0 Å². The van der Waals surface area contributed by atoms with Crippen molar-refractivity contribution in [2.24, 2.45) is 7.05 Å². The van der Waals surface area contributed by atoms with Gasteiger partial charge in [-0.05, 0) is 42.7 Å². The van der Waals surface area contributed by atoms with Crippen LogP contribution in [0.25, 0.3) is 0 Å². The van der Waals surface area contributed by atoms with E-state index in [0.29, 0.717) is 5.41 Å². The summed E-state index contributed by atoms with van der Waals surface area (Å²) in [4.78, 5) is 0. The summed E-state index contributed by atoms with van der Waals surface area (Å²) in [6.45, 7) is 2.01. The van der Waals surface area contributed by atoms with E-state index < -0.39 is 0 Å². The van der Waals surface area contributed by atoms with Crippen LogP contribution >= 0.6 is 15.9 Å². The predicted octanol–water partition coefficient (Wildman–Crippen LogP) is 3.61. The van der Waals surface area contributed by atoms with Gasteiger partial charge in [0.25, 0.3) is 0 Å². The molecule has 1 aliphatic carbocycles. The SMILES string of the molecule is Cn1cccc1CNCC1(c2cccc(Br)c2)CC1. The van der Waals surface area contributed by atoms with E-state index >= 15 is 0 Å². The molecule has 1 saturated carbocycles. The first kappa shape index (κ1) is 12.9. The van der Waals surface area contributed by atoms with E-state index in [0.717, 1.165) is 13.1 Å². The van der Waals surface area contributed by atoms with E-state index in [4.69, 9.17) is 0 Å². The number of nitrogens with one attached hydrogen (secondary N) is 1. The third-order valence-corrected chi connectivity index (χ3v) is 4.60. The van der Waals surface area contributed by atoms with Crippen LogP contribution in [0.4, 0.5) is 0 Å². The Hall–Kier alpha value is -1.06. The van der Waals surface area contributed by atoms with Gasteiger partial charge < -0.3 is 9.88 Å². The summed E-state index contributed by atoms with van der Waals surface area (Å²) < 4.78 is 3.35. The van der Waals surface area contributed by atoms with Crippen molar-refractivity contribution < 1.29 is 0 Å². The topological polar surface area (TPSA) is 17.0 Å². The summed E-state index contributed by atoms with van der Waals surface area (Å²) in [5.41, 5.74) is 3.17. The minimum Gasteiger partial charge on any atom is -0.353 e. The largest absolute Gasteiger partial charge is 0.353 e. The lowest BCUT2D eigenvalue weighted by Gasteiger charge is -2.17. The second-order valence-electron chi connectivity index (χ2n) is 5.50. The predicted molar refractivity (Wildman–Crippen MR) is 82.2 cm³/mol. The molecule has 100 valence electrons. The molecule has 1 aromatic carbocycles. The Morgan fingerprint density at radius 3 is 2.74 bits per heavy atom. The van der Waals surface area contributed by atoms with Gasteiger partial charge in [0, 0.05) is 41.9 Å². The molecule has 0 saturated heterocycles. The van der Waals surface area contributed by atoms with E-state index in [1.54, 1.807) is 0 Å². The number of halogens is 1. The minimum atomic E-state index is 0.370. The van der Waals surface area contributed by atoms with Crippen LogP contribution in [-0.4, -0.2) is 11.1 Å². The lowest BCUT2D eigenvalue weighted by Crippen LogP contribution is -2.27. The molecular weight excluding hydrogens is 300 g/mol. The lowest BCUT2D eigenvalue weighted by atomic mass is 9.96. The van der Waals surface area contributed by atoms with E-state index in [-0.39, 0.29) is 0 Å². The van der Waals surface area contributed by atoms with Gasteiger partial charge in [-0.3, -0.25) is 0 Å². The zero-order valence-electron chi connectivity index (χ0n) is 11.2. The molecule has 0 radical (unpaired) electrons. The number of aryl methyl sites for hydroxylation is 1. The Bertz CT molecular complexity index is 570. The lowest BCUT2D eigenvalue weighted by molar-refractivity contribution is 0.562. The third kappa shape index (κ3) is 2.77. The smallest absolute Gasteiger partial charge is 0.0359 e. The van der Waals surface area contributed by atoms with Gasteiger partial charge in [-0.1, -0.05) is 28.1 Å². The minimum absolute atomic E-state index is 0.370. The van der Waals surface area contributed by atoms with Crippen LogP contribution < -0.4 is 5.32 Å². The Kier molecular flexibility index (Phi) is 3.50. The molecule has 0 aliphatic heterocycles. The van der Waals surface area contributed by atoms with Crippen LogP contribution in [0.15, 0.2) is 47.1 Å². The van der Waals surface area contributed by atoms with Gasteiger partial charge in [0.15, 0.2) is 0 Å². The fourth-order valence-corrected chi connectivity index (χ4v) is 3.05. The molecule has 1 fully saturated rings. The zero-order valence-corrected chi connectivity index (χ0v) is 12.8. The van der Waals surface area contributed by atoms with Gasteiger partial charge >= 0.3 is 0 Å². The third-order valence-electron chi connectivity index (χ3n) is 4.11. The highest BCUT2D eigenvalue weighted by Crippen LogP contribution is 2.48. The number of benzene rings is 1. The molecule has 0 atom stereocenters. The monoisotopic (exact) mass is 318 g/mol. The first-order valence-corrected chi connectivity index (χ1v) is 7.56. The summed E-state index contributed by atoms with van der Waals surface area (Å²) in [5.74, 6) is 0. The van der Waals surface area contributed by atoms with Crippen molar-refractivity contribution in [2.45, 2.75) is 24.8 Å². The van der Waals surface area contributed by atoms with Crippen LogP contribution in [0.3, 0.4) is 0 Å². The maximum atomic E-state index is 3.61. The Morgan fingerprint density at radius 1 is 1.26 bits per heavy atom. The molecule has 0 spiro atoms. The first-order chi connectivity index (χ1) is 9.20. The quantitative estimate of drug-likeness (QED) is 0.891. The highest BCUT2D eigenvalue weighted by molar-refractivity contribution is 9.10. The average Bonchev–Trinajstić information content (AvgIpc) is 3.08. The summed E-state index contributed by atoms with van der Waals surface area (Å²) in [7, 11) is 2.10. The second-order valence-corrected chi connectivity index (χ2v) is 6.42. The molecule has 0 bridgehead atoms. The fourth-order valence-electron chi connectivity index (χ4n) is 2.65. The molecule has 19 heavy (non-hydrogen) atoms. The van der Waals surface area contributed by atoms with E-state index in [2.05, 4.69) is 75.5 Å². The number of rotatable bonds is 5. The number of hydrogen-bond donors (Lipinski definition) is 1. The molecule has 0 unspecified atom stereocenters. The van der Waals surface area contributed by atoms with Crippen molar-refractivity contribution >= 4 is 15.9 Å². The Morgan fingerprint density at radius 2 is 2.11 bits per heavy atom. The summed E-state index contributed by atoms with van der Waals surface area (Å²) in [5, 5.41) is 3.61. The number of hydrogen-bond acceptors (Lipinski definition) is 1. The van der Waals surface area contributed by atoms with Gasteiger partial charge in [-0.25, -0.2) is 0 Å². The highest BCUT2D eigenvalue weighted by atomic mass is 79.9. The van der Waals surface area contributed by atoms with Crippen molar-refractivity contribution in [1.29, 1.82) is 0 Å². The van der Waals surface area contributed by atoms with Crippen LogP contribution in [0.5, 0.6) is 0 Å². The van der Waals surface area contributed by atoms with Crippen molar-refractivity contribution in [3.05, 3.63) is 58.3 Å². The van der Waals surface area contributed by atoms with Crippen LogP contribution in [0.2, 0.25) is 0 Å². The standard InChI is InChI=1S/C16H19BrN2/c1-19-9-3-6-15(19)11-18-12-16(7-8-16)13-4-2-5-14(17)10-13/h2-6,9-10,18H,7-8,11-12H2,1H3. The van der Waals surface area contributed by atoms with E-state index in [1.807, 2.05) is 0 Å². The summed E-state index contributed by atoms with van der Waals surface area (Å²) in [6, 6.07) is 13.0. The van der Waals surface area contributed by atoms with Crippen LogP contribution in [0, 0.1) is 0 Å². The van der Waals surface area contributed by atoms with Gasteiger partial charge in [-0.15, -0.1) is 0 Å². The molecule has 1 aromatic heterocycles. The van der Waals surface area contributed by atoms with Crippen molar-refractivity contribution in [3.8, 4) is 0 Å². The van der Waals surface area contributed by atoms with E-state index in [1.165, 1.54) is 28.6 Å². The number of aromatic nitrogens is 1. The normalized spacial score (nSPS) is 16.5. The highest BCUT2D eigenvalue weighted by Gasteiger charge is 2.43. The molecular formula is C16H19BrN2. The molecule has 2 nitrogen and oxygen atoms in total. The Balaban J connectivity index is 1.62. The van der Waals surface area contributed by atoms with Gasteiger partial charge in [0.1, 0.15) is 0 Å². The molecule has 1 N–H and O–H groups in total. The zero-order chi connectivity index (χ0) is 13.3. The van der Waals surface area contributed by atoms with Gasteiger partial charge in [0.05, 0.1) is 0 Å². The fraction of sp³-hybridized carbons (Fsp3) is 0.375. The van der Waals surface area contributed by atoms with Crippen molar-refractivity contribution in [1.82, 2.24) is 9.88 Å². The Labute approximate surface area is 123 Å². The molecule has 1 heterocycles. The molecule has 0 amide bonds. The summed E-state index contributed by atoms with van der Waals surface area (Å²) >= 11 is 3.57. The molecule has 3 rings (SSSR count). The van der Waals surface area contributed by atoms with Crippen molar-refractivity contribution in [2.75, 3.05) is 6.54 Å². The molecule has 2 aromatic rings. The van der Waals surface area contributed by atoms with Crippen molar-refractivity contribution in [3.63, 3.8) is 0 Å². The van der Waals surface area contributed by atoms with Gasteiger partial charge in [0.2, 0.25) is 0 Å². The summed E-state index contributed by atoms with van der Waals surface area (Å²) in [6.07, 6.45) is 4.69. The molecule has 3 heteroatoms. The maximum Gasteiger partial charge on any atom is 0.0359 e. The second kappa shape index (κ2) is 5.14. The number of nitrogens with zero attached hydrogens (tertiary/aromatic N) is 1. The van der Waals surface area contributed by atoms with Gasteiger partial charge in [-0.2, -0.15) is 0 Å². The van der Waals surface area contributed by atoms with E-state index in [9.17, 15) is 0 Å².